The first-order chi connectivity index (χ1) is 14.9. The number of fused-ring (bicyclic) bond motifs is 2. The molecule has 0 bridgehead atoms. The average molecular weight is 413 g/mol. The van der Waals surface area contributed by atoms with Crippen LogP contribution in [-0.4, -0.2) is 22.8 Å². The molecule has 1 aliphatic carbocycles. The summed E-state index contributed by atoms with van der Waals surface area (Å²) in [6.45, 7) is 1.89. The number of carboxylic acids is 1. The second-order valence-electron chi connectivity index (χ2n) is 8.42. The minimum Gasteiger partial charge on any atom is -0.545 e. The Morgan fingerprint density at radius 3 is 2.23 bits per heavy atom. The molecule has 0 radical (unpaired) electrons. The van der Waals surface area contributed by atoms with Gasteiger partial charge in [0.25, 0.3) is 0 Å². The highest BCUT2D eigenvalue weighted by molar-refractivity contribution is 6.22. The summed E-state index contributed by atoms with van der Waals surface area (Å²) in [5.41, 5.74) is 3.33. The molecular weight excluding hydrogens is 392 g/mol. The third-order valence-electron chi connectivity index (χ3n) is 6.45. The van der Waals surface area contributed by atoms with Crippen molar-refractivity contribution in [3.05, 3.63) is 59.7 Å². The number of aromatic nitrogens is 1. The monoisotopic (exact) mass is 413 g/mol. The Hall–Kier alpha value is -3.54. The third kappa shape index (κ3) is 3.19. The first-order valence-corrected chi connectivity index (χ1v) is 10.5. The molecule has 3 aromatic rings. The first-order valence-electron chi connectivity index (χ1n) is 10.5. The molecule has 1 aromatic heterocycles. The standard InChI is InChI=1S/C25H22N2O4/c1-14-6-11-21-19(12-14)20(25(30)31)13-22(26-21)15-7-9-16(10-8-15)27-23(28)17-4-2-3-5-18(17)24(27)29/h6-13,17-18H,2-5H2,1H3,(H,30,31)/p-1/t17-,18+. The maximum absolute atomic E-state index is 12.8. The van der Waals surface area contributed by atoms with Crippen LogP contribution in [0.15, 0.2) is 48.5 Å². The number of carbonyl (C=O) groups excluding carboxylic acids is 3. The minimum absolute atomic E-state index is 0.0850. The number of carbonyl (C=O) groups is 3. The van der Waals surface area contributed by atoms with E-state index in [0.717, 1.165) is 31.2 Å². The van der Waals surface area contributed by atoms with Gasteiger partial charge in [-0.2, -0.15) is 0 Å². The summed E-state index contributed by atoms with van der Waals surface area (Å²) in [5, 5.41) is 12.3. The Morgan fingerprint density at radius 2 is 1.61 bits per heavy atom. The fraction of sp³-hybridized carbons (Fsp3) is 0.280. The molecule has 0 unspecified atom stereocenters. The van der Waals surface area contributed by atoms with Crippen LogP contribution in [0.4, 0.5) is 5.69 Å². The number of pyridine rings is 1. The summed E-state index contributed by atoms with van der Waals surface area (Å²) in [7, 11) is 0. The average Bonchev–Trinajstić information content (AvgIpc) is 3.03. The third-order valence-corrected chi connectivity index (χ3v) is 6.45. The number of hydrogen-bond acceptors (Lipinski definition) is 5. The van der Waals surface area contributed by atoms with Crippen molar-refractivity contribution < 1.29 is 19.5 Å². The molecule has 5 rings (SSSR count). The number of amides is 2. The largest absolute Gasteiger partial charge is 0.545 e. The number of carboxylic acid groups (broad SMARTS) is 1. The van der Waals surface area contributed by atoms with Crippen molar-refractivity contribution in [3.8, 4) is 11.3 Å². The van der Waals surface area contributed by atoms with E-state index < -0.39 is 5.97 Å². The molecule has 1 saturated carbocycles. The number of aryl methyl sites for hydroxylation is 1. The van der Waals surface area contributed by atoms with Crippen LogP contribution < -0.4 is 10.0 Å². The lowest BCUT2D eigenvalue weighted by molar-refractivity contribution is -0.254. The fourth-order valence-electron chi connectivity index (χ4n) is 4.85. The van der Waals surface area contributed by atoms with Gasteiger partial charge in [-0.25, -0.2) is 4.98 Å². The number of aromatic carboxylic acids is 1. The fourth-order valence-corrected chi connectivity index (χ4v) is 4.85. The molecule has 2 amide bonds. The minimum atomic E-state index is -1.26. The van der Waals surface area contributed by atoms with E-state index in [4.69, 9.17) is 0 Å². The van der Waals surface area contributed by atoms with Gasteiger partial charge in [-0.05, 0) is 50.1 Å². The van der Waals surface area contributed by atoms with Gasteiger partial charge in [0, 0.05) is 16.5 Å². The molecule has 2 fully saturated rings. The van der Waals surface area contributed by atoms with Crippen molar-refractivity contribution >= 4 is 34.4 Å². The van der Waals surface area contributed by atoms with Crippen molar-refractivity contribution in [2.24, 2.45) is 11.8 Å². The molecule has 2 atom stereocenters. The predicted octanol–water partition coefficient (Wildman–Crippen LogP) is 3.25. The molecule has 156 valence electrons. The first kappa shape index (κ1) is 19.4. The van der Waals surface area contributed by atoms with Gasteiger partial charge >= 0.3 is 0 Å². The van der Waals surface area contributed by atoms with Gasteiger partial charge in [0.1, 0.15) is 0 Å². The summed E-state index contributed by atoms with van der Waals surface area (Å²) < 4.78 is 0. The van der Waals surface area contributed by atoms with Gasteiger partial charge in [0.2, 0.25) is 11.8 Å². The van der Waals surface area contributed by atoms with Gasteiger partial charge in [-0.3, -0.25) is 14.5 Å². The maximum Gasteiger partial charge on any atom is 0.237 e. The SMILES string of the molecule is Cc1ccc2nc(-c3ccc(N4C(=O)[C@H]5CCCC[C@H]5C4=O)cc3)cc(C(=O)[O-])c2c1. The van der Waals surface area contributed by atoms with Gasteiger partial charge in [-0.15, -0.1) is 0 Å². The Kier molecular flexibility index (Phi) is 4.58. The Labute approximate surface area is 179 Å². The highest BCUT2D eigenvalue weighted by Crippen LogP contribution is 2.40. The van der Waals surface area contributed by atoms with Gasteiger partial charge in [-0.1, -0.05) is 36.6 Å². The van der Waals surface area contributed by atoms with Crippen LogP contribution in [0.2, 0.25) is 0 Å². The molecule has 6 nitrogen and oxygen atoms in total. The van der Waals surface area contributed by atoms with Crippen molar-refractivity contribution in [3.63, 3.8) is 0 Å². The van der Waals surface area contributed by atoms with E-state index in [1.807, 2.05) is 13.0 Å². The summed E-state index contributed by atoms with van der Waals surface area (Å²) in [6, 6.07) is 13.9. The maximum atomic E-state index is 12.8. The van der Waals surface area contributed by atoms with E-state index in [2.05, 4.69) is 4.98 Å². The van der Waals surface area contributed by atoms with Crippen molar-refractivity contribution in [1.82, 2.24) is 4.98 Å². The summed E-state index contributed by atoms with van der Waals surface area (Å²) in [5.74, 6) is -1.87. The van der Waals surface area contributed by atoms with E-state index in [9.17, 15) is 19.5 Å². The normalized spacial score (nSPS) is 20.9. The van der Waals surface area contributed by atoms with Crippen molar-refractivity contribution in [2.75, 3.05) is 4.90 Å². The number of imide groups is 1. The van der Waals surface area contributed by atoms with Crippen LogP contribution in [0.25, 0.3) is 22.2 Å². The van der Waals surface area contributed by atoms with Crippen LogP contribution in [0.1, 0.15) is 41.6 Å². The Morgan fingerprint density at radius 1 is 0.968 bits per heavy atom. The number of rotatable bonds is 3. The zero-order chi connectivity index (χ0) is 21.7. The van der Waals surface area contributed by atoms with Crippen LogP contribution in [0.5, 0.6) is 0 Å². The number of anilines is 1. The lowest BCUT2D eigenvalue weighted by Crippen LogP contribution is -2.30. The molecule has 1 aliphatic heterocycles. The van der Waals surface area contributed by atoms with Crippen LogP contribution in [-0.2, 0) is 9.59 Å². The number of benzene rings is 2. The van der Waals surface area contributed by atoms with Gasteiger partial charge in [0.15, 0.2) is 0 Å². The van der Waals surface area contributed by atoms with Crippen LogP contribution in [0.3, 0.4) is 0 Å². The molecule has 31 heavy (non-hydrogen) atoms. The Balaban J connectivity index is 1.51. The lowest BCUT2D eigenvalue weighted by atomic mass is 9.81. The molecular formula is C25H21N2O4-. The van der Waals surface area contributed by atoms with E-state index in [-0.39, 0.29) is 29.2 Å². The van der Waals surface area contributed by atoms with Gasteiger partial charge in [0.05, 0.1) is 34.7 Å². The topological polar surface area (TPSA) is 90.4 Å². The highest BCUT2D eigenvalue weighted by Gasteiger charge is 2.48. The highest BCUT2D eigenvalue weighted by atomic mass is 16.4. The smallest absolute Gasteiger partial charge is 0.237 e. The second kappa shape index (κ2) is 7.30. The molecule has 1 saturated heterocycles. The summed E-state index contributed by atoms with van der Waals surface area (Å²) in [6.07, 6.45) is 3.52. The summed E-state index contributed by atoms with van der Waals surface area (Å²) >= 11 is 0. The van der Waals surface area contributed by atoms with E-state index in [1.165, 1.54) is 11.0 Å². The molecule has 2 heterocycles. The van der Waals surface area contributed by atoms with E-state index >= 15 is 0 Å². The van der Waals surface area contributed by atoms with Crippen LogP contribution in [0, 0.1) is 18.8 Å². The quantitative estimate of drug-likeness (QED) is 0.615. The predicted molar refractivity (Wildman–Crippen MR) is 114 cm³/mol. The van der Waals surface area contributed by atoms with Gasteiger partial charge < -0.3 is 9.90 Å². The lowest BCUT2D eigenvalue weighted by Gasteiger charge is -2.19. The van der Waals surface area contributed by atoms with Crippen molar-refractivity contribution in [1.29, 1.82) is 0 Å². The molecule has 0 N–H and O–H groups in total. The number of nitrogens with zero attached hydrogens (tertiary/aromatic N) is 2. The van der Waals surface area contributed by atoms with Crippen molar-refractivity contribution in [2.45, 2.75) is 32.6 Å². The second-order valence-corrected chi connectivity index (χ2v) is 8.42. The Bertz CT molecular complexity index is 1210. The molecule has 6 heteroatoms. The summed E-state index contributed by atoms with van der Waals surface area (Å²) in [4.78, 5) is 43.3. The zero-order valence-electron chi connectivity index (χ0n) is 17.1. The van der Waals surface area contributed by atoms with Crippen LogP contribution >= 0.6 is 0 Å². The number of hydrogen-bond donors (Lipinski definition) is 0. The molecule has 2 aliphatic rings. The zero-order valence-corrected chi connectivity index (χ0v) is 17.1. The van der Waals surface area contributed by atoms with E-state index in [0.29, 0.717) is 27.8 Å². The van der Waals surface area contributed by atoms with E-state index in [1.54, 1.807) is 36.4 Å². The molecule has 0 spiro atoms. The molecule has 2 aromatic carbocycles.